The molecule has 0 aliphatic heterocycles. The first-order valence-electron chi connectivity index (χ1n) is 18.9. The highest BCUT2D eigenvalue weighted by Crippen LogP contribution is 2.35. The SMILES string of the molecule is C[Si](C)(CCC(=O)O)CCC(=O)O.Nc1c(I)c(C(=O)NC(O)CCO)c(I)c(C(=O)NC(O)CCO)c1I.Nc1c(I)c(C(=O)NC(O)CCO)c(I)c(C(=O)NC(O)CCO)c1I. The Morgan fingerprint density at radius 2 is 0.662 bits per heavy atom. The molecule has 2 aromatic rings. The fourth-order valence-electron chi connectivity index (χ4n) is 4.85. The highest BCUT2D eigenvalue weighted by Gasteiger charge is 2.30. The number of nitrogen functional groups attached to an aromatic ring is 2. The van der Waals surface area contributed by atoms with Gasteiger partial charge in [0.25, 0.3) is 23.6 Å². The molecule has 0 aliphatic rings. The maximum Gasteiger partial charge on any atom is 0.303 e. The van der Waals surface area contributed by atoms with Crippen LogP contribution in [0.1, 0.15) is 80.0 Å². The minimum Gasteiger partial charge on any atom is -0.481 e. The number of amides is 4. The molecule has 0 spiro atoms. The van der Waals surface area contributed by atoms with Crippen LogP contribution in [-0.4, -0.2) is 146 Å². The quantitative estimate of drug-likeness (QED) is 0.0344. The van der Waals surface area contributed by atoms with E-state index in [9.17, 15) is 49.2 Å². The summed E-state index contributed by atoms with van der Waals surface area (Å²) in [6.45, 7) is 2.83. The Labute approximate surface area is 456 Å². The van der Waals surface area contributed by atoms with Crippen LogP contribution in [0.2, 0.25) is 25.2 Å². The molecule has 4 amide bonds. The highest BCUT2D eigenvalue weighted by molar-refractivity contribution is 14.1. The van der Waals surface area contributed by atoms with Crippen LogP contribution in [0.4, 0.5) is 11.4 Å². The predicted octanol–water partition coefficient (Wildman–Crippen LogP) is 1.53. The highest BCUT2D eigenvalue weighted by atomic mass is 127. The lowest BCUT2D eigenvalue weighted by molar-refractivity contribution is -0.137. The number of aliphatic hydroxyl groups is 8. The minimum atomic E-state index is -1.59. The van der Waals surface area contributed by atoms with E-state index in [0.29, 0.717) is 33.5 Å². The molecule has 0 aromatic heterocycles. The summed E-state index contributed by atoms with van der Waals surface area (Å²) >= 11 is 11.2. The molecule has 368 valence electrons. The average molecular weight is 1610 g/mol. The first-order valence-corrected chi connectivity index (χ1v) is 28.8. The number of carbonyl (C=O) groups excluding carboxylic acids is 4. The first kappa shape index (κ1) is 64.1. The van der Waals surface area contributed by atoms with Crippen LogP contribution in [0.5, 0.6) is 0 Å². The number of hydrogen-bond acceptors (Lipinski definition) is 16. The molecule has 65 heavy (non-hydrogen) atoms. The summed E-state index contributed by atoms with van der Waals surface area (Å²) in [5, 5.41) is 100. The first-order chi connectivity index (χ1) is 30.1. The third kappa shape index (κ3) is 22.2. The lowest BCUT2D eigenvalue weighted by Gasteiger charge is -2.19. The second-order valence-corrected chi connectivity index (χ2v) is 26.0. The number of aliphatic hydroxyl groups excluding tert-OH is 8. The Balaban J connectivity index is 0.00000100. The van der Waals surface area contributed by atoms with E-state index in [-0.39, 0.29) is 98.6 Å². The zero-order chi connectivity index (χ0) is 50.5. The molecular formula is C36H52I6N6O16Si. The van der Waals surface area contributed by atoms with Crippen LogP contribution in [0, 0.1) is 21.4 Å². The predicted molar refractivity (Wildman–Crippen MR) is 290 cm³/mol. The lowest BCUT2D eigenvalue weighted by Crippen LogP contribution is -2.38. The Kier molecular flexibility index (Phi) is 31.7. The third-order valence-electron chi connectivity index (χ3n) is 8.44. The van der Waals surface area contributed by atoms with E-state index in [0.717, 1.165) is 0 Å². The molecule has 0 bridgehead atoms. The van der Waals surface area contributed by atoms with Crippen molar-refractivity contribution < 1.29 is 79.8 Å². The number of aliphatic carboxylic acids is 2. The van der Waals surface area contributed by atoms with Gasteiger partial charge in [-0.15, -0.1) is 0 Å². The summed E-state index contributed by atoms with van der Waals surface area (Å²) in [6, 6.07) is 1.32. The molecule has 4 atom stereocenters. The maximum atomic E-state index is 12.5. The standard InChI is InChI=1S/2C14H18I3N3O6.C8H16O4Si/c2*15-9-7(13(25)19-5(23)1-3-21)10(16)12(18)11(17)8(9)14(26)20-6(24)2-4-22;1-13(2,5-3-7(9)10)6-4-8(11)12/h2*5-6,21-24H,1-4,18H2,(H,19,25)(H,20,26);3-6H2,1-2H3,(H,9,10)(H,11,12). The Morgan fingerprint density at radius 1 is 0.462 bits per heavy atom. The number of carbonyl (C=O) groups is 6. The zero-order valence-electron chi connectivity index (χ0n) is 34.6. The maximum absolute atomic E-state index is 12.5. The van der Waals surface area contributed by atoms with Gasteiger partial charge in [0.05, 0.1) is 47.9 Å². The number of benzene rings is 2. The van der Waals surface area contributed by atoms with E-state index in [1.807, 2.05) is 149 Å². The van der Waals surface area contributed by atoms with Crippen molar-refractivity contribution in [3.8, 4) is 0 Å². The van der Waals surface area contributed by atoms with Crippen molar-refractivity contribution in [2.24, 2.45) is 0 Å². The zero-order valence-corrected chi connectivity index (χ0v) is 48.6. The van der Waals surface area contributed by atoms with E-state index in [1.165, 1.54) is 0 Å². The second-order valence-electron chi connectivity index (χ2n) is 14.2. The van der Waals surface area contributed by atoms with Gasteiger partial charge in [-0.2, -0.15) is 0 Å². The number of carboxylic acids is 2. The molecule has 0 aliphatic carbocycles. The van der Waals surface area contributed by atoms with Gasteiger partial charge in [0.2, 0.25) is 0 Å². The van der Waals surface area contributed by atoms with E-state index in [4.69, 9.17) is 42.1 Å². The van der Waals surface area contributed by atoms with Crippen molar-refractivity contribution in [2.75, 3.05) is 37.9 Å². The molecule has 0 radical (unpaired) electrons. The number of halogens is 6. The number of nitrogens with one attached hydrogen (secondary N) is 4. The van der Waals surface area contributed by atoms with Gasteiger partial charge in [-0.25, -0.2) is 0 Å². The Bertz CT molecular complexity index is 1750. The fraction of sp³-hybridized carbons (Fsp3) is 0.500. The monoisotopic (exact) mass is 1610 g/mol. The molecule has 0 saturated carbocycles. The molecule has 0 heterocycles. The smallest absolute Gasteiger partial charge is 0.303 e. The number of carboxylic acid groups (broad SMARTS) is 2. The average Bonchev–Trinajstić information content (AvgIpc) is 3.18. The van der Waals surface area contributed by atoms with Crippen LogP contribution >= 0.6 is 136 Å². The van der Waals surface area contributed by atoms with E-state index in [2.05, 4.69) is 21.3 Å². The number of anilines is 2. The van der Waals surface area contributed by atoms with Gasteiger partial charge < -0.3 is 83.8 Å². The lowest BCUT2D eigenvalue weighted by atomic mass is 10.1. The summed E-state index contributed by atoms with van der Waals surface area (Å²) in [6.07, 6.45) is -4.83. The van der Waals surface area contributed by atoms with Crippen molar-refractivity contribution >= 4 is 191 Å². The van der Waals surface area contributed by atoms with Crippen molar-refractivity contribution in [1.29, 1.82) is 0 Å². The second kappa shape index (κ2) is 32.1. The van der Waals surface area contributed by atoms with Gasteiger partial charge in [-0.05, 0) is 148 Å². The number of rotatable bonds is 22. The van der Waals surface area contributed by atoms with Gasteiger partial charge in [0, 0.05) is 80.2 Å². The molecule has 0 saturated heterocycles. The van der Waals surface area contributed by atoms with E-state index < -0.39 is 68.6 Å². The van der Waals surface area contributed by atoms with Gasteiger partial charge >= 0.3 is 11.9 Å². The normalized spacial score (nSPS) is 12.8. The molecular weight excluding hydrogens is 1560 g/mol. The number of nitrogens with two attached hydrogens (primary N) is 2. The van der Waals surface area contributed by atoms with Crippen molar-refractivity contribution in [1.82, 2.24) is 21.3 Å². The summed E-state index contributed by atoms with van der Waals surface area (Å²) < 4.78 is 2.26. The Hall–Kier alpha value is -0.863. The molecule has 18 N–H and O–H groups in total. The fourth-order valence-corrected chi connectivity index (χ4v) is 15.2. The summed E-state index contributed by atoms with van der Waals surface area (Å²) in [4.78, 5) is 70.6. The van der Waals surface area contributed by atoms with Gasteiger partial charge in [-0.3, -0.25) is 28.8 Å². The largest absolute Gasteiger partial charge is 0.481 e. The van der Waals surface area contributed by atoms with Crippen LogP contribution in [0.3, 0.4) is 0 Å². The molecule has 0 fully saturated rings. The van der Waals surface area contributed by atoms with Gasteiger partial charge in [-0.1, -0.05) is 13.1 Å². The molecule has 2 rings (SSSR count). The molecule has 2 aromatic carbocycles. The van der Waals surface area contributed by atoms with Crippen LogP contribution in [0.15, 0.2) is 0 Å². The molecule has 22 nitrogen and oxygen atoms in total. The van der Waals surface area contributed by atoms with E-state index >= 15 is 0 Å². The van der Waals surface area contributed by atoms with Crippen LogP contribution < -0.4 is 32.7 Å². The topological polar surface area (TPSA) is 405 Å². The van der Waals surface area contributed by atoms with Crippen molar-refractivity contribution in [3.63, 3.8) is 0 Å². The third-order valence-corrected chi connectivity index (χ3v) is 18.3. The summed E-state index contributed by atoms with van der Waals surface area (Å²) in [5.41, 5.74) is 12.9. The molecule has 4 unspecified atom stereocenters. The Morgan fingerprint density at radius 3 is 0.831 bits per heavy atom. The van der Waals surface area contributed by atoms with Crippen LogP contribution in [0.25, 0.3) is 0 Å². The van der Waals surface area contributed by atoms with Gasteiger partial charge in [0.1, 0.15) is 24.9 Å². The summed E-state index contributed by atoms with van der Waals surface area (Å²) in [7, 11) is -1.59. The minimum absolute atomic E-state index is 0.0422. The van der Waals surface area contributed by atoms with Gasteiger partial charge in [0.15, 0.2) is 0 Å². The van der Waals surface area contributed by atoms with Crippen LogP contribution in [-0.2, 0) is 9.59 Å². The number of hydrogen-bond donors (Lipinski definition) is 16. The molecule has 29 heteroatoms. The van der Waals surface area contributed by atoms with Crippen molar-refractivity contribution in [2.45, 2.75) is 88.6 Å². The van der Waals surface area contributed by atoms with E-state index in [1.54, 1.807) is 0 Å². The van der Waals surface area contributed by atoms with Crippen molar-refractivity contribution in [3.05, 3.63) is 43.7 Å². The summed E-state index contributed by atoms with van der Waals surface area (Å²) in [5.74, 6) is -4.17.